The Morgan fingerprint density at radius 1 is 1.10 bits per heavy atom. The van der Waals surface area contributed by atoms with Gasteiger partial charge in [0.05, 0.1) is 11.9 Å². The molecule has 0 unspecified atom stereocenters. The molecule has 0 spiro atoms. The lowest BCUT2D eigenvalue weighted by Crippen LogP contribution is -2.32. The summed E-state index contributed by atoms with van der Waals surface area (Å²) < 4.78 is 13.7. The zero-order valence-corrected chi connectivity index (χ0v) is 16.7. The number of hydrogen-bond acceptors (Lipinski definition) is 2. The van der Waals surface area contributed by atoms with Crippen molar-refractivity contribution in [2.75, 3.05) is 13.1 Å². The summed E-state index contributed by atoms with van der Waals surface area (Å²) in [6.45, 7) is 2.89. The Morgan fingerprint density at radius 3 is 2.69 bits per heavy atom. The molecule has 1 fully saturated rings. The van der Waals surface area contributed by atoms with E-state index in [0.717, 1.165) is 59.7 Å². The molecule has 1 aliphatic rings. The molecule has 4 nitrogen and oxygen atoms in total. The van der Waals surface area contributed by atoms with Gasteiger partial charge >= 0.3 is 0 Å². The van der Waals surface area contributed by atoms with E-state index >= 15 is 0 Å². The number of nitrogens with one attached hydrogen (secondary N) is 2. The van der Waals surface area contributed by atoms with Gasteiger partial charge in [0.25, 0.3) is 0 Å². The van der Waals surface area contributed by atoms with Gasteiger partial charge in [-0.05, 0) is 73.3 Å². The zero-order valence-electron chi connectivity index (χ0n) is 16.0. The molecule has 2 aromatic carbocycles. The third kappa shape index (κ3) is 3.68. The van der Waals surface area contributed by atoms with Gasteiger partial charge in [0.1, 0.15) is 5.82 Å². The number of halogens is 2. The number of piperidine rings is 1. The van der Waals surface area contributed by atoms with Gasteiger partial charge in [-0.25, -0.2) is 4.39 Å². The first-order chi connectivity index (χ1) is 14.2. The molecule has 5 rings (SSSR count). The fourth-order valence-corrected chi connectivity index (χ4v) is 4.52. The predicted molar refractivity (Wildman–Crippen MR) is 115 cm³/mol. The van der Waals surface area contributed by atoms with E-state index in [0.29, 0.717) is 5.92 Å². The molecule has 2 N–H and O–H groups in total. The molecule has 0 aliphatic carbocycles. The average molecular weight is 409 g/mol. The summed E-state index contributed by atoms with van der Waals surface area (Å²) in [6, 6.07) is 12.8. The van der Waals surface area contributed by atoms with Gasteiger partial charge in [0.15, 0.2) is 0 Å². The Labute approximate surface area is 173 Å². The van der Waals surface area contributed by atoms with Crippen molar-refractivity contribution in [1.29, 1.82) is 0 Å². The van der Waals surface area contributed by atoms with Gasteiger partial charge in [-0.15, -0.1) is 0 Å². The molecular weight excluding hydrogens is 387 g/mol. The molecule has 1 saturated heterocycles. The minimum atomic E-state index is -0.175. The molecule has 1 aliphatic heterocycles. The number of nitrogens with zero attached hydrogens (tertiary/aromatic N) is 2. The summed E-state index contributed by atoms with van der Waals surface area (Å²) >= 11 is 6.01. The summed E-state index contributed by atoms with van der Waals surface area (Å²) in [7, 11) is 0. The molecule has 2 aromatic heterocycles. The number of H-pyrrole nitrogens is 2. The van der Waals surface area contributed by atoms with Crippen LogP contribution < -0.4 is 0 Å². The first-order valence-electron chi connectivity index (χ1n) is 9.94. The van der Waals surface area contributed by atoms with E-state index < -0.39 is 0 Å². The SMILES string of the molecule is Fc1ccc2[nH]cc(C3CCN(Cc4cn[nH]c4-c4ccc(Cl)cc4)CC3)c2c1. The Bertz CT molecular complexity index is 1120. The highest BCUT2D eigenvalue weighted by atomic mass is 35.5. The molecule has 0 radical (unpaired) electrons. The van der Waals surface area contributed by atoms with Crippen molar-refractivity contribution in [3.63, 3.8) is 0 Å². The molecule has 0 saturated carbocycles. The lowest BCUT2D eigenvalue weighted by atomic mass is 9.89. The second-order valence-corrected chi connectivity index (χ2v) is 8.20. The van der Waals surface area contributed by atoms with Crippen LogP contribution >= 0.6 is 11.6 Å². The monoisotopic (exact) mass is 408 g/mol. The molecule has 29 heavy (non-hydrogen) atoms. The Balaban J connectivity index is 1.28. The van der Waals surface area contributed by atoms with Crippen molar-refractivity contribution < 1.29 is 4.39 Å². The van der Waals surface area contributed by atoms with Gasteiger partial charge in [0.2, 0.25) is 0 Å². The summed E-state index contributed by atoms with van der Waals surface area (Å²) in [5.41, 5.74) is 5.59. The van der Waals surface area contributed by atoms with Gasteiger partial charge in [-0.3, -0.25) is 10.00 Å². The number of hydrogen-bond donors (Lipinski definition) is 2. The molecule has 6 heteroatoms. The average Bonchev–Trinajstić information content (AvgIpc) is 3.36. The van der Waals surface area contributed by atoms with E-state index in [-0.39, 0.29) is 5.82 Å². The molecule has 0 bridgehead atoms. The van der Waals surface area contributed by atoms with Crippen molar-refractivity contribution >= 4 is 22.5 Å². The summed E-state index contributed by atoms with van der Waals surface area (Å²) in [5, 5.41) is 9.14. The number of likely N-dealkylation sites (tertiary alicyclic amines) is 1. The summed E-state index contributed by atoms with van der Waals surface area (Å²) in [6.07, 6.45) is 6.10. The minimum absolute atomic E-state index is 0.175. The number of rotatable bonds is 4. The van der Waals surface area contributed by atoms with Gasteiger partial charge < -0.3 is 4.98 Å². The number of aromatic nitrogens is 3. The Morgan fingerprint density at radius 2 is 1.90 bits per heavy atom. The molecule has 0 amide bonds. The van der Waals surface area contributed by atoms with Crippen LogP contribution in [0.4, 0.5) is 4.39 Å². The quantitative estimate of drug-likeness (QED) is 0.453. The molecule has 0 atom stereocenters. The van der Waals surface area contributed by atoms with Crippen LogP contribution in [0.1, 0.15) is 29.9 Å². The molecule has 3 heterocycles. The maximum absolute atomic E-state index is 13.7. The lowest BCUT2D eigenvalue weighted by Gasteiger charge is -2.31. The highest BCUT2D eigenvalue weighted by molar-refractivity contribution is 6.30. The third-order valence-corrected chi connectivity index (χ3v) is 6.20. The minimum Gasteiger partial charge on any atom is -0.361 e. The highest BCUT2D eigenvalue weighted by Gasteiger charge is 2.24. The van der Waals surface area contributed by atoms with Gasteiger partial charge in [0, 0.05) is 34.2 Å². The summed E-state index contributed by atoms with van der Waals surface area (Å²) in [4.78, 5) is 5.76. The zero-order chi connectivity index (χ0) is 19.8. The maximum atomic E-state index is 13.7. The van der Waals surface area contributed by atoms with E-state index in [1.165, 1.54) is 17.2 Å². The van der Waals surface area contributed by atoms with Crippen molar-refractivity contribution in [3.05, 3.63) is 76.8 Å². The summed E-state index contributed by atoms with van der Waals surface area (Å²) in [5.74, 6) is 0.285. The topological polar surface area (TPSA) is 47.7 Å². The first kappa shape index (κ1) is 18.4. The van der Waals surface area contributed by atoms with Crippen LogP contribution in [0, 0.1) is 5.82 Å². The van der Waals surface area contributed by atoms with Crippen molar-refractivity contribution in [2.24, 2.45) is 0 Å². The first-order valence-corrected chi connectivity index (χ1v) is 10.3. The highest BCUT2D eigenvalue weighted by Crippen LogP contribution is 2.34. The van der Waals surface area contributed by atoms with Crippen molar-refractivity contribution in [3.8, 4) is 11.3 Å². The van der Waals surface area contributed by atoms with E-state index in [9.17, 15) is 4.39 Å². The van der Waals surface area contributed by atoms with Crippen LogP contribution in [-0.2, 0) is 6.54 Å². The Kier molecular flexibility index (Phi) is 4.86. The maximum Gasteiger partial charge on any atom is 0.123 e. The third-order valence-electron chi connectivity index (χ3n) is 5.95. The van der Waals surface area contributed by atoms with E-state index in [2.05, 4.69) is 26.3 Å². The normalized spacial score (nSPS) is 15.9. The fourth-order valence-electron chi connectivity index (χ4n) is 4.39. The van der Waals surface area contributed by atoms with E-state index in [4.69, 9.17) is 11.6 Å². The van der Waals surface area contributed by atoms with Gasteiger partial charge in [-0.1, -0.05) is 23.7 Å². The number of aromatic amines is 2. The number of benzene rings is 2. The molecular formula is C23H22ClFN4. The van der Waals surface area contributed by atoms with Crippen molar-refractivity contribution in [1.82, 2.24) is 20.1 Å². The van der Waals surface area contributed by atoms with Crippen LogP contribution in [0.5, 0.6) is 0 Å². The predicted octanol–water partition coefficient (Wildman–Crippen LogP) is 5.73. The van der Waals surface area contributed by atoms with Crippen LogP contribution in [0.2, 0.25) is 5.02 Å². The molecule has 148 valence electrons. The standard InChI is InChI=1S/C23H22ClFN4/c24-18-3-1-16(2-4-18)23-17(12-27-28-23)14-29-9-7-15(8-10-29)21-13-26-22-6-5-19(25)11-20(21)22/h1-6,11-13,15,26H,7-10,14H2,(H,27,28). The van der Waals surface area contributed by atoms with E-state index in [1.807, 2.05) is 36.5 Å². The second-order valence-electron chi connectivity index (χ2n) is 7.76. The molecule has 4 aromatic rings. The number of fused-ring (bicyclic) bond motifs is 1. The van der Waals surface area contributed by atoms with Crippen LogP contribution in [0.25, 0.3) is 22.2 Å². The largest absolute Gasteiger partial charge is 0.361 e. The van der Waals surface area contributed by atoms with Crippen LogP contribution in [0.3, 0.4) is 0 Å². The fraction of sp³-hybridized carbons (Fsp3) is 0.261. The smallest absolute Gasteiger partial charge is 0.123 e. The Hall–Kier alpha value is -2.63. The second kappa shape index (κ2) is 7.65. The van der Waals surface area contributed by atoms with E-state index in [1.54, 1.807) is 6.07 Å². The van der Waals surface area contributed by atoms with Crippen LogP contribution in [-0.4, -0.2) is 33.2 Å². The van der Waals surface area contributed by atoms with Crippen LogP contribution in [0.15, 0.2) is 54.9 Å². The lowest BCUT2D eigenvalue weighted by molar-refractivity contribution is 0.205. The van der Waals surface area contributed by atoms with Gasteiger partial charge in [-0.2, -0.15) is 5.10 Å². The van der Waals surface area contributed by atoms with Crippen molar-refractivity contribution in [2.45, 2.75) is 25.3 Å².